The van der Waals surface area contributed by atoms with Gasteiger partial charge in [0.2, 0.25) is 11.8 Å². The summed E-state index contributed by atoms with van der Waals surface area (Å²) in [4.78, 5) is 7.98. The number of rotatable bonds is 5. The maximum absolute atomic E-state index is 8.84. The summed E-state index contributed by atoms with van der Waals surface area (Å²) in [6.07, 6.45) is 0.630. The molecule has 0 amide bonds. The van der Waals surface area contributed by atoms with Crippen molar-refractivity contribution in [2.24, 2.45) is 0 Å². The molecule has 4 N–H and O–H groups in total. The molecule has 0 saturated heterocycles. The average molecular weight is 260 g/mol. The van der Waals surface area contributed by atoms with E-state index in [0.717, 1.165) is 5.56 Å². The highest BCUT2D eigenvalue weighted by atomic mass is 16.5. The smallest absolute Gasteiger partial charge is 0.226 e. The highest BCUT2D eigenvalue weighted by Gasteiger charge is 2.04. The van der Waals surface area contributed by atoms with Crippen LogP contribution in [0, 0.1) is 0 Å². The van der Waals surface area contributed by atoms with Crippen LogP contribution in [0.4, 0.5) is 11.8 Å². The zero-order chi connectivity index (χ0) is 13.7. The van der Waals surface area contributed by atoms with Crippen LogP contribution < -0.4 is 15.8 Å². The Hall–Kier alpha value is -2.34. The Morgan fingerprint density at radius 3 is 2.63 bits per heavy atom. The molecule has 0 atom stereocenters. The van der Waals surface area contributed by atoms with Gasteiger partial charge >= 0.3 is 0 Å². The van der Waals surface area contributed by atoms with Gasteiger partial charge in [0.1, 0.15) is 11.6 Å². The lowest BCUT2D eigenvalue weighted by atomic mass is 10.1. The van der Waals surface area contributed by atoms with Gasteiger partial charge in [-0.25, -0.2) is 0 Å². The molecule has 100 valence electrons. The van der Waals surface area contributed by atoms with E-state index in [1.54, 1.807) is 13.1 Å². The molecule has 6 heteroatoms. The monoisotopic (exact) mass is 260 g/mol. The van der Waals surface area contributed by atoms with Gasteiger partial charge in [0.05, 0.1) is 0 Å². The first-order chi connectivity index (χ1) is 9.21. The van der Waals surface area contributed by atoms with E-state index in [0.29, 0.717) is 23.9 Å². The number of anilines is 2. The van der Waals surface area contributed by atoms with Gasteiger partial charge in [0.15, 0.2) is 0 Å². The average Bonchev–Trinajstić information content (AvgIpc) is 2.40. The van der Waals surface area contributed by atoms with E-state index in [2.05, 4.69) is 15.3 Å². The minimum Gasteiger partial charge on any atom is -0.439 e. The third-order valence-corrected chi connectivity index (χ3v) is 2.52. The quantitative estimate of drug-likeness (QED) is 0.753. The third kappa shape index (κ3) is 3.56. The number of nitrogens with one attached hydrogen (secondary N) is 1. The molecule has 6 nitrogen and oxygen atoms in total. The number of benzene rings is 1. The lowest BCUT2D eigenvalue weighted by molar-refractivity contribution is 0.299. The van der Waals surface area contributed by atoms with Crippen molar-refractivity contribution in [3.8, 4) is 11.6 Å². The van der Waals surface area contributed by atoms with Crippen molar-refractivity contribution in [2.45, 2.75) is 6.42 Å². The Morgan fingerprint density at radius 2 is 2.00 bits per heavy atom. The molecule has 0 radical (unpaired) electrons. The van der Waals surface area contributed by atoms with E-state index in [1.807, 2.05) is 24.3 Å². The fourth-order valence-electron chi connectivity index (χ4n) is 1.60. The molecule has 2 rings (SSSR count). The molecule has 0 aliphatic carbocycles. The lowest BCUT2D eigenvalue weighted by Gasteiger charge is -2.07. The zero-order valence-corrected chi connectivity index (χ0v) is 10.6. The van der Waals surface area contributed by atoms with Gasteiger partial charge in [-0.1, -0.05) is 12.1 Å². The molecule has 0 spiro atoms. The second-order valence-electron chi connectivity index (χ2n) is 3.92. The van der Waals surface area contributed by atoms with Crippen molar-refractivity contribution in [1.82, 2.24) is 9.97 Å². The van der Waals surface area contributed by atoms with Crippen molar-refractivity contribution >= 4 is 11.8 Å². The summed E-state index contributed by atoms with van der Waals surface area (Å²) in [5, 5.41) is 11.7. The SMILES string of the molecule is CNc1cc(Oc2ccc(CCO)cc2)nc(N)n1. The van der Waals surface area contributed by atoms with E-state index >= 15 is 0 Å². The molecular weight excluding hydrogens is 244 g/mol. The topological polar surface area (TPSA) is 93.3 Å². The molecule has 0 fully saturated rings. The fraction of sp³-hybridized carbons (Fsp3) is 0.231. The van der Waals surface area contributed by atoms with E-state index in [4.69, 9.17) is 15.6 Å². The summed E-state index contributed by atoms with van der Waals surface area (Å²) >= 11 is 0. The first-order valence-electron chi connectivity index (χ1n) is 5.91. The number of ether oxygens (including phenoxy) is 1. The fourth-order valence-corrected chi connectivity index (χ4v) is 1.60. The lowest BCUT2D eigenvalue weighted by Crippen LogP contribution is -2.01. The minimum atomic E-state index is 0.133. The van der Waals surface area contributed by atoms with Gasteiger partial charge in [-0.3, -0.25) is 0 Å². The predicted octanol–water partition coefficient (Wildman–Crippen LogP) is 1.43. The van der Waals surface area contributed by atoms with E-state index in [1.165, 1.54) is 0 Å². The van der Waals surface area contributed by atoms with Crippen LogP contribution in [0.15, 0.2) is 30.3 Å². The molecule has 0 bridgehead atoms. The van der Waals surface area contributed by atoms with Gasteiger partial charge in [-0.2, -0.15) is 9.97 Å². The maximum Gasteiger partial charge on any atom is 0.226 e. The summed E-state index contributed by atoms with van der Waals surface area (Å²) in [6, 6.07) is 9.10. The first-order valence-corrected chi connectivity index (χ1v) is 5.91. The molecule has 1 heterocycles. The van der Waals surface area contributed by atoms with Crippen molar-refractivity contribution in [3.63, 3.8) is 0 Å². The van der Waals surface area contributed by atoms with E-state index in [9.17, 15) is 0 Å². The minimum absolute atomic E-state index is 0.133. The van der Waals surface area contributed by atoms with Crippen LogP contribution in [-0.4, -0.2) is 28.7 Å². The summed E-state index contributed by atoms with van der Waals surface area (Å²) in [7, 11) is 1.75. The Labute approximate surface area is 111 Å². The van der Waals surface area contributed by atoms with Crippen LogP contribution in [0.2, 0.25) is 0 Å². The van der Waals surface area contributed by atoms with Gasteiger partial charge < -0.3 is 20.9 Å². The van der Waals surface area contributed by atoms with Crippen LogP contribution in [0.25, 0.3) is 0 Å². The number of aliphatic hydroxyl groups excluding tert-OH is 1. The second kappa shape index (κ2) is 6.01. The molecule has 0 saturated carbocycles. The van der Waals surface area contributed by atoms with Gasteiger partial charge in [0, 0.05) is 19.7 Å². The second-order valence-corrected chi connectivity index (χ2v) is 3.92. The van der Waals surface area contributed by atoms with E-state index < -0.39 is 0 Å². The number of hydrogen-bond donors (Lipinski definition) is 3. The summed E-state index contributed by atoms with van der Waals surface area (Å²) in [6.45, 7) is 0.133. The van der Waals surface area contributed by atoms with Crippen LogP contribution in [0.3, 0.4) is 0 Å². The molecular formula is C13H16N4O2. The summed E-state index contributed by atoms with van der Waals surface area (Å²) in [5.41, 5.74) is 6.63. The van der Waals surface area contributed by atoms with Gasteiger partial charge in [-0.15, -0.1) is 0 Å². The van der Waals surface area contributed by atoms with Crippen molar-refractivity contribution < 1.29 is 9.84 Å². The zero-order valence-electron chi connectivity index (χ0n) is 10.6. The highest BCUT2D eigenvalue weighted by Crippen LogP contribution is 2.22. The first kappa shape index (κ1) is 13.1. The number of nitrogen functional groups attached to an aromatic ring is 1. The normalized spacial score (nSPS) is 10.2. The largest absolute Gasteiger partial charge is 0.439 e. The number of hydrogen-bond acceptors (Lipinski definition) is 6. The Morgan fingerprint density at radius 1 is 1.26 bits per heavy atom. The molecule has 2 aromatic rings. The molecule has 1 aromatic heterocycles. The molecule has 19 heavy (non-hydrogen) atoms. The molecule has 1 aromatic carbocycles. The van der Waals surface area contributed by atoms with Crippen LogP contribution >= 0.6 is 0 Å². The van der Waals surface area contributed by atoms with Crippen LogP contribution in [-0.2, 0) is 6.42 Å². The standard InChI is InChI=1S/C13H16N4O2/c1-15-11-8-12(17-13(14)16-11)19-10-4-2-9(3-5-10)6-7-18/h2-5,8,18H,6-7H2,1H3,(H3,14,15,16,17). The van der Waals surface area contributed by atoms with E-state index in [-0.39, 0.29) is 12.6 Å². The van der Waals surface area contributed by atoms with Crippen molar-refractivity contribution in [1.29, 1.82) is 0 Å². The Bertz CT molecular complexity index is 543. The van der Waals surface area contributed by atoms with Crippen molar-refractivity contribution in [3.05, 3.63) is 35.9 Å². The number of nitrogens with two attached hydrogens (primary N) is 1. The number of aliphatic hydroxyl groups is 1. The Kier molecular flexibility index (Phi) is 4.15. The molecule has 0 unspecified atom stereocenters. The van der Waals surface area contributed by atoms with Crippen molar-refractivity contribution in [2.75, 3.05) is 24.7 Å². The maximum atomic E-state index is 8.84. The highest BCUT2D eigenvalue weighted by molar-refractivity contribution is 5.43. The van der Waals surface area contributed by atoms with Crippen LogP contribution in [0.5, 0.6) is 11.6 Å². The number of aromatic nitrogens is 2. The molecule has 0 aliphatic heterocycles. The van der Waals surface area contributed by atoms with Gasteiger partial charge in [-0.05, 0) is 24.1 Å². The predicted molar refractivity (Wildman–Crippen MR) is 73.3 cm³/mol. The number of nitrogens with zero attached hydrogens (tertiary/aromatic N) is 2. The molecule has 0 aliphatic rings. The summed E-state index contributed by atoms with van der Waals surface area (Å²) < 4.78 is 5.60. The van der Waals surface area contributed by atoms with Crippen LogP contribution in [0.1, 0.15) is 5.56 Å². The third-order valence-electron chi connectivity index (χ3n) is 2.52. The summed E-state index contributed by atoms with van der Waals surface area (Å²) in [5.74, 6) is 1.78. The van der Waals surface area contributed by atoms with Gasteiger partial charge in [0.25, 0.3) is 0 Å². The Balaban J connectivity index is 2.14.